The Bertz CT molecular complexity index is 109. The molecule has 0 bridgehead atoms. The van der Waals surface area contributed by atoms with Crippen molar-refractivity contribution in [1.29, 1.82) is 0 Å². The average Bonchev–Trinajstić information content (AvgIpc) is 1.62. The molecule has 0 spiro atoms. The van der Waals surface area contributed by atoms with Gasteiger partial charge in [-0.1, -0.05) is 32.8 Å². The van der Waals surface area contributed by atoms with Crippen LogP contribution in [0.5, 0.6) is 0 Å². The Morgan fingerprint density at radius 2 is 0.750 bits per heavy atom. The Hall–Kier alpha value is 0.680. The smallest absolute Gasteiger partial charge is 0.00652 e. The van der Waals surface area contributed by atoms with Crippen LogP contribution in [0.25, 0.3) is 0 Å². The molecule has 0 aromatic heterocycles. The summed E-state index contributed by atoms with van der Waals surface area (Å²) in [6.45, 7) is 0. The first-order valence-electron chi connectivity index (χ1n) is 2.07. The molecule has 0 atom stereocenters. The lowest BCUT2D eigenvalue weighted by molar-refractivity contribution is 4.01. The summed E-state index contributed by atoms with van der Waals surface area (Å²) < 4.78 is 0. The Kier molecular flexibility index (Phi) is 3.86. The van der Waals surface area contributed by atoms with E-state index in [1.165, 1.54) is 32.8 Å². The van der Waals surface area contributed by atoms with E-state index in [-0.39, 0.29) is 0 Å². The van der Waals surface area contributed by atoms with Crippen LogP contribution in [0.4, 0.5) is 0 Å². The molecule has 0 saturated carbocycles. The van der Waals surface area contributed by atoms with Crippen molar-refractivity contribution in [3.8, 4) is 0 Å². The molecule has 1 heterocycles. The second-order valence-corrected chi connectivity index (χ2v) is 5.95. The van der Waals surface area contributed by atoms with Crippen molar-refractivity contribution in [2.45, 2.75) is 0 Å². The van der Waals surface area contributed by atoms with Gasteiger partial charge in [-0.25, -0.2) is 0 Å². The van der Waals surface area contributed by atoms with Crippen molar-refractivity contribution in [2.24, 2.45) is 0 Å². The lowest BCUT2D eigenvalue weighted by Crippen LogP contribution is -1.51. The minimum Gasteiger partial charge on any atom is -0.0664 e. The molecule has 1 aliphatic rings. The summed E-state index contributed by atoms with van der Waals surface area (Å²) in [5, 5.41) is 0. The van der Waals surface area contributed by atoms with Gasteiger partial charge in [0.1, 0.15) is 0 Å². The quantitative estimate of drug-likeness (QED) is 0.497. The van der Waals surface area contributed by atoms with Gasteiger partial charge in [-0.3, -0.25) is 0 Å². The number of hydrogen-bond acceptors (Lipinski definition) is 0. The first-order valence-corrected chi connectivity index (χ1v) is 6.20. The van der Waals surface area contributed by atoms with Crippen LogP contribution < -0.4 is 0 Å². The van der Waals surface area contributed by atoms with Crippen LogP contribution in [0, 0.1) is 0 Å². The SMILES string of the molecule is C1=PC=PC=PC=P1. The van der Waals surface area contributed by atoms with Crippen molar-refractivity contribution in [2.75, 3.05) is 0 Å². The van der Waals surface area contributed by atoms with Gasteiger partial charge in [0, 0.05) is 0 Å². The number of rotatable bonds is 0. The van der Waals surface area contributed by atoms with Gasteiger partial charge in [-0.2, -0.15) is 0 Å². The van der Waals surface area contributed by atoms with Crippen LogP contribution in [-0.4, -0.2) is 22.2 Å². The predicted molar refractivity (Wildman–Crippen MR) is 51.9 cm³/mol. The molecule has 0 aliphatic carbocycles. The van der Waals surface area contributed by atoms with Crippen LogP contribution in [-0.2, 0) is 0 Å². The molecule has 0 amide bonds. The maximum absolute atomic E-state index is 2.24. The van der Waals surface area contributed by atoms with Crippen molar-refractivity contribution >= 4 is 55.0 Å². The molecule has 0 aromatic rings. The van der Waals surface area contributed by atoms with Gasteiger partial charge < -0.3 is 0 Å². The van der Waals surface area contributed by atoms with E-state index in [2.05, 4.69) is 22.2 Å². The summed E-state index contributed by atoms with van der Waals surface area (Å²) in [6, 6.07) is 0. The molecule has 8 heavy (non-hydrogen) atoms. The van der Waals surface area contributed by atoms with Crippen molar-refractivity contribution in [3.05, 3.63) is 0 Å². The lowest BCUT2D eigenvalue weighted by Gasteiger charge is -1.74. The summed E-state index contributed by atoms with van der Waals surface area (Å²) >= 11 is 0. The molecular formula is C4H4P4. The molecule has 0 radical (unpaired) electrons. The van der Waals surface area contributed by atoms with Crippen LogP contribution in [0.1, 0.15) is 0 Å². The molecular weight excluding hydrogens is 172 g/mol. The van der Waals surface area contributed by atoms with E-state index in [1.807, 2.05) is 0 Å². The molecule has 1 rings (SSSR count). The molecule has 0 nitrogen and oxygen atoms in total. The first-order chi connectivity index (χ1) is 4.00. The topological polar surface area (TPSA) is 0 Å². The zero-order chi connectivity index (χ0) is 5.66. The second-order valence-electron chi connectivity index (χ2n) is 1.06. The maximum Gasteiger partial charge on any atom is -0.00652 e. The number of hydrogen-bond donors (Lipinski definition) is 0. The van der Waals surface area contributed by atoms with E-state index < -0.39 is 0 Å². The average molecular weight is 176 g/mol. The van der Waals surface area contributed by atoms with Crippen molar-refractivity contribution in [3.63, 3.8) is 0 Å². The molecule has 0 unspecified atom stereocenters. The van der Waals surface area contributed by atoms with Gasteiger partial charge in [0.25, 0.3) is 0 Å². The standard InChI is InChI=1S/C4H4P4/c1-5-2-7-4-8-3-6-1/h1-4H. The van der Waals surface area contributed by atoms with Gasteiger partial charge in [0.05, 0.1) is 0 Å². The highest BCUT2D eigenvalue weighted by atomic mass is 31.1. The van der Waals surface area contributed by atoms with E-state index in [4.69, 9.17) is 0 Å². The van der Waals surface area contributed by atoms with Gasteiger partial charge in [0.15, 0.2) is 0 Å². The van der Waals surface area contributed by atoms with Crippen LogP contribution in [0.3, 0.4) is 0 Å². The molecule has 40 valence electrons. The lowest BCUT2D eigenvalue weighted by atomic mass is 11.9. The summed E-state index contributed by atoms with van der Waals surface area (Å²) in [5.74, 6) is 0. The van der Waals surface area contributed by atoms with Crippen LogP contribution in [0.15, 0.2) is 0 Å². The molecule has 0 fully saturated rings. The fraction of sp³-hybridized carbons (Fsp3) is 0. The Morgan fingerprint density at radius 1 is 0.500 bits per heavy atom. The summed E-state index contributed by atoms with van der Waals surface area (Å²) in [7, 11) is 5.47. The maximum atomic E-state index is 2.24. The zero-order valence-corrected chi connectivity index (χ0v) is 7.68. The van der Waals surface area contributed by atoms with E-state index >= 15 is 0 Å². The monoisotopic (exact) mass is 176 g/mol. The molecule has 1 aliphatic heterocycles. The van der Waals surface area contributed by atoms with Gasteiger partial charge in [-0.15, -0.1) is 0 Å². The van der Waals surface area contributed by atoms with Crippen molar-refractivity contribution in [1.82, 2.24) is 0 Å². The molecule has 0 N–H and O–H groups in total. The minimum absolute atomic E-state index is 1.37. The van der Waals surface area contributed by atoms with E-state index in [0.717, 1.165) is 0 Å². The third-order valence-electron chi connectivity index (χ3n) is 0.533. The second kappa shape index (κ2) is 4.55. The highest BCUT2D eigenvalue weighted by Gasteiger charge is 1.68. The Labute approximate surface area is 55.5 Å². The third kappa shape index (κ3) is 2.86. The first kappa shape index (κ1) is 6.80. The Balaban J connectivity index is 2.67. The summed E-state index contributed by atoms with van der Waals surface area (Å²) in [4.78, 5) is 0. The summed E-state index contributed by atoms with van der Waals surface area (Å²) in [6.07, 6.45) is 0. The zero-order valence-electron chi connectivity index (χ0n) is 4.10. The fourth-order valence-corrected chi connectivity index (χ4v) is 4.61. The molecule has 4 heteroatoms. The van der Waals surface area contributed by atoms with E-state index in [1.54, 1.807) is 0 Å². The predicted octanol–water partition coefficient (Wildman–Crippen LogP) is 2.82. The Morgan fingerprint density at radius 3 is 1.00 bits per heavy atom. The largest absolute Gasteiger partial charge is 0.0664 e. The normalized spacial score (nSPS) is 24.0. The molecule has 0 saturated heterocycles. The summed E-state index contributed by atoms with van der Waals surface area (Å²) in [5.41, 5.74) is 8.97. The third-order valence-corrected chi connectivity index (χ3v) is 4.80. The van der Waals surface area contributed by atoms with Gasteiger partial charge >= 0.3 is 0 Å². The van der Waals surface area contributed by atoms with Gasteiger partial charge in [-0.05, 0) is 22.2 Å². The fourth-order valence-electron chi connectivity index (χ4n) is 0.273. The molecule has 0 aromatic carbocycles. The van der Waals surface area contributed by atoms with Crippen LogP contribution >= 0.6 is 32.8 Å². The highest BCUT2D eigenvalue weighted by molar-refractivity contribution is 7.93. The minimum atomic E-state index is 1.37. The van der Waals surface area contributed by atoms with Gasteiger partial charge in [0.2, 0.25) is 0 Å². The van der Waals surface area contributed by atoms with E-state index in [9.17, 15) is 0 Å². The van der Waals surface area contributed by atoms with E-state index in [0.29, 0.717) is 0 Å². The van der Waals surface area contributed by atoms with Crippen molar-refractivity contribution < 1.29 is 0 Å². The van der Waals surface area contributed by atoms with Crippen LogP contribution in [0.2, 0.25) is 0 Å². The highest BCUT2D eigenvalue weighted by Crippen LogP contribution is 2.10.